The van der Waals surface area contributed by atoms with Gasteiger partial charge in [0.1, 0.15) is 5.75 Å². The van der Waals surface area contributed by atoms with Crippen LogP contribution in [0.25, 0.3) is 0 Å². The molecular formula is C15H23NO2. The van der Waals surface area contributed by atoms with Gasteiger partial charge in [0.15, 0.2) is 0 Å². The van der Waals surface area contributed by atoms with E-state index in [4.69, 9.17) is 4.74 Å². The van der Waals surface area contributed by atoms with E-state index in [-0.39, 0.29) is 0 Å². The summed E-state index contributed by atoms with van der Waals surface area (Å²) < 4.78 is 5.39. The number of aliphatic hydroxyl groups excluding tert-OH is 1. The highest BCUT2D eigenvalue weighted by Crippen LogP contribution is 2.37. The Morgan fingerprint density at radius 1 is 1.39 bits per heavy atom. The number of hydrogen-bond donors (Lipinski definition) is 1. The molecule has 0 bridgehead atoms. The lowest BCUT2D eigenvalue weighted by Gasteiger charge is -2.37. The fourth-order valence-electron chi connectivity index (χ4n) is 2.84. The Morgan fingerprint density at radius 2 is 2.17 bits per heavy atom. The van der Waals surface area contributed by atoms with Crippen molar-refractivity contribution in [1.82, 2.24) is 0 Å². The number of piperidine rings is 1. The molecule has 18 heavy (non-hydrogen) atoms. The van der Waals surface area contributed by atoms with Gasteiger partial charge < -0.3 is 14.7 Å². The SMILES string of the molecule is COc1cccc(N2CCCCC2C)c1C(C)O. The van der Waals surface area contributed by atoms with E-state index in [1.165, 1.54) is 19.3 Å². The van der Waals surface area contributed by atoms with Crippen LogP contribution in [0.5, 0.6) is 5.75 Å². The molecule has 0 radical (unpaired) electrons. The highest BCUT2D eigenvalue weighted by Gasteiger charge is 2.24. The highest BCUT2D eigenvalue weighted by atomic mass is 16.5. The summed E-state index contributed by atoms with van der Waals surface area (Å²) in [4.78, 5) is 2.40. The highest BCUT2D eigenvalue weighted by molar-refractivity contribution is 5.61. The molecule has 1 N–H and O–H groups in total. The Balaban J connectivity index is 2.42. The van der Waals surface area contributed by atoms with Crippen molar-refractivity contribution in [2.75, 3.05) is 18.6 Å². The number of anilines is 1. The lowest BCUT2D eigenvalue weighted by atomic mass is 9.99. The largest absolute Gasteiger partial charge is 0.496 e. The Kier molecular flexibility index (Phi) is 4.12. The molecule has 3 heteroatoms. The predicted molar refractivity (Wildman–Crippen MR) is 74.3 cm³/mol. The molecular weight excluding hydrogens is 226 g/mol. The van der Waals surface area contributed by atoms with Gasteiger partial charge in [0.25, 0.3) is 0 Å². The first-order valence-electron chi connectivity index (χ1n) is 6.76. The van der Waals surface area contributed by atoms with E-state index in [0.717, 1.165) is 23.5 Å². The number of benzene rings is 1. The molecule has 100 valence electrons. The molecule has 1 fully saturated rings. The molecule has 1 aromatic carbocycles. The van der Waals surface area contributed by atoms with Gasteiger partial charge in [-0.3, -0.25) is 0 Å². The molecule has 2 unspecified atom stereocenters. The third-order valence-electron chi connectivity index (χ3n) is 3.79. The maximum absolute atomic E-state index is 10.0. The molecule has 1 aliphatic rings. The van der Waals surface area contributed by atoms with Gasteiger partial charge in [0.2, 0.25) is 0 Å². The maximum Gasteiger partial charge on any atom is 0.126 e. The third-order valence-corrected chi connectivity index (χ3v) is 3.79. The summed E-state index contributed by atoms with van der Waals surface area (Å²) in [5, 5.41) is 10.0. The quantitative estimate of drug-likeness (QED) is 0.893. The van der Waals surface area contributed by atoms with E-state index in [1.54, 1.807) is 14.0 Å². The Hall–Kier alpha value is -1.22. The molecule has 0 amide bonds. The molecule has 3 nitrogen and oxygen atoms in total. The van der Waals surface area contributed by atoms with Gasteiger partial charge in [0.05, 0.1) is 13.2 Å². The van der Waals surface area contributed by atoms with Crippen LogP contribution in [-0.2, 0) is 0 Å². The first-order valence-corrected chi connectivity index (χ1v) is 6.76. The van der Waals surface area contributed by atoms with Gasteiger partial charge in [-0.1, -0.05) is 6.07 Å². The average molecular weight is 249 g/mol. The summed E-state index contributed by atoms with van der Waals surface area (Å²) in [6.45, 7) is 5.12. The van der Waals surface area contributed by atoms with Gasteiger partial charge in [0, 0.05) is 23.8 Å². The van der Waals surface area contributed by atoms with Crippen molar-refractivity contribution < 1.29 is 9.84 Å². The van der Waals surface area contributed by atoms with Crippen LogP contribution in [0.15, 0.2) is 18.2 Å². The van der Waals surface area contributed by atoms with Crippen molar-refractivity contribution >= 4 is 5.69 Å². The Bertz CT molecular complexity index is 403. The number of hydrogen-bond acceptors (Lipinski definition) is 3. The number of nitrogens with zero attached hydrogens (tertiary/aromatic N) is 1. The van der Waals surface area contributed by atoms with Gasteiger partial charge in [-0.05, 0) is 45.2 Å². The summed E-state index contributed by atoms with van der Waals surface area (Å²) in [6.07, 6.45) is 3.23. The summed E-state index contributed by atoms with van der Waals surface area (Å²) in [7, 11) is 1.66. The van der Waals surface area contributed by atoms with Crippen LogP contribution in [0.3, 0.4) is 0 Å². The van der Waals surface area contributed by atoms with E-state index in [0.29, 0.717) is 6.04 Å². The number of methoxy groups -OCH3 is 1. The number of rotatable bonds is 3. The van der Waals surface area contributed by atoms with E-state index >= 15 is 0 Å². The smallest absolute Gasteiger partial charge is 0.126 e. The standard InChI is InChI=1S/C15H23NO2/c1-11-7-4-5-10-16(11)13-8-6-9-14(18-3)15(13)12(2)17/h6,8-9,11-12,17H,4-5,7,10H2,1-3H3. The minimum Gasteiger partial charge on any atom is -0.496 e. The Morgan fingerprint density at radius 3 is 2.78 bits per heavy atom. The zero-order valence-electron chi connectivity index (χ0n) is 11.5. The zero-order chi connectivity index (χ0) is 13.1. The lowest BCUT2D eigenvalue weighted by Crippen LogP contribution is -2.38. The summed E-state index contributed by atoms with van der Waals surface area (Å²) in [6, 6.07) is 6.54. The Labute approximate surface area is 109 Å². The third kappa shape index (κ3) is 2.46. The van der Waals surface area contributed by atoms with Crippen LogP contribution < -0.4 is 9.64 Å². The fraction of sp³-hybridized carbons (Fsp3) is 0.600. The molecule has 1 aromatic rings. The van der Waals surface area contributed by atoms with Gasteiger partial charge in [-0.2, -0.15) is 0 Å². The van der Waals surface area contributed by atoms with Crippen LogP contribution in [0.4, 0.5) is 5.69 Å². The van der Waals surface area contributed by atoms with Crippen LogP contribution in [-0.4, -0.2) is 24.8 Å². The normalized spacial score (nSPS) is 21.8. The summed E-state index contributed by atoms with van der Waals surface area (Å²) in [5.41, 5.74) is 2.03. The van der Waals surface area contributed by atoms with Crippen molar-refractivity contribution in [1.29, 1.82) is 0 Å². The first-order chi connectivity index (χ1) is 8.65. The zero-order valence-corrected chi connectivity index (χ0v) is 11.5. The van der Waals surface area contributed by atoms with Gasteiger partial charge in [-0.15, -0.1) is 0 Å². The average Bonchev–Trinajstić information content (AvgIpc) is 2.38. The van der Waals surface area contributed by atoms with Crippen molar-refractivity contribution in [2.24, 2.45) is 0 Å². The van der Waals surface area contributed by atoms with E-state index in [2.05, 4.69) is 17.9 Å². The summed E-state index contributed by atoms with van der Waals surface area (Å²) in [5.74, 6) is 0.778. The second-order valence-electron chi connectivity index (χ2n) is 5.11. The molecule has 0 aromatic heterocycles. The van der Waals surface area contributed by atoms with E-state index in [1.807, 2.05) is 12.1 Å². The minimum atomic E-state index is -0.509. The second kappa shape index (κ2) is 5.61. The monoisotopic (exact) mass is 249 g/mol. The van der Waals surface area contributed by atoms with Crippen LogP contribution in [0.1, 0.15) is 44.8 Å². The topological polar surface area (TPSA) is 32.7 Å². The molecule has 1 saturated heterocycles. The molecule has 2 rings (SSSR count). The van der Waals surface area contributed by atoms with Crippen LogP contribution in [0, 0.1) is 0 Å². The molecule has 1 heterocycles. The fourth-order valence-corrected chi connectivity index (χ4v) is 2.84. The van der Waals surface area contributed by atoms with Gasteiger partial charge in [-0.25, -0.2) is 0 Å². The van der Waals surface area contributed by atoms with Crippen LogP contribution >= 0.6 is 0 Å². The minimum absolute atomic E-state index is 0.509. The van der Waals surface area contributed by atoms with Crippen molar-refractivity contribution in [2.45, 2.75) is 45.3 Å². The first kappa shape index (κ1) is 13.2. The maximum atomic E-state index is 10.0. The van der Waals surface area contributed by atoms with Crippen molar-refractivity contribution in [3.05, 3.63) is 23.8 Å². The molecule has 0 saturated carbocycles. The van der Waals surface area contributed by atoms with E-state index in [9.17, 15) is 5.11 Å². The number of aliphatic hydroxyl groups is 1. The predicted octanol–water partition coefficient (Wildman–Crippen LogP) is 3.13. The van der Waals surface area contributed by atoms with E-state index < -0.39 is 6.10 Å². The number of ether oxygens (including phenoxy) is 1. The van der Waals surface area contributed by atoms with Crippen molar-refractivity contribution in [3.63, 3.8) is 0 Å². The molecule has 2 atom stereocenters. The van der Waals surface area contributed by atoms with Crippen molar-refractivity contribution in [3.8, 4) is 5.75 Å². The van der Waals surface area contributed by atoms with Crippen LogP contribution in [0.2, 0.25) is 0 Å². The second-order valence-corrected chi connectivity index (χ2v) is 5.11. The lowest BCUT2D eigenvalue weighted by molar-refractivity contribution is 0.194. The summed E-state index contributed by atoms with van der Waals surface area (Å²) >= 11 is 0. The van der Waals surface area contributed by atoms with Gasteiger partial charge >= 0.3 is 0 Å². The molecule has 1 aliphatic heterocycles. The molecule has 0 aliphatic carbocycles. The molecule has 0 spiro atoms.